The molecule has 0 fully saturated rings. The minimum Gasteiger partial charge on any atom is -0.371 e. The first-order chi connectivity index (χ1) is 13.5. The second-order valence-corrected chi connectivity index (χ2v) is 6.75. The summed E-state index contributed by atoms with van der Waals surface area (Å²) >= 11 is 0. The molecule has 0 saturated heterocycles. The largest absolute Gasteiger partial charge is 0.371 e. The van der Waals surface area contributed by atoms with Crippen molar-refractivity contribution in [2.24, 2.45) is 23.1 Å². The molecule has 0 heterocycles. The standard InChI is InChI=1S/C18H39N7O3/c19-8-6-10-23-9-4-5-11-24-16(26)14-28-13-15(17(20)27)7-2-1-3-12-25-18(21)22/h15,23H,1-14,19H2,(H2,20,27)(H,24,26)(H4,21,22,25). The minimum absolute atomic E-state index is 0.0409. The van der Waals surface area contributed by atoms with Crippen molar-refractivity contribution in [3.63, 3.8) is 0 Å². The molecular weight excluding hydrogens is 362 g/mol. The van der Waals surface area contributed by atoms with Gasteiger partial charge in [-0.15, -0.1) is 0 Å². The second-order valence-electron chi connectivity index (χ2n) is 6.75. The third kappa shape index (κ3) is 17.5. The number of guanidine groups is 1. The number of ether oxygens (including phenoxy) is 1. The van der Waals surface area contributed by atoms with Crippen LogP contribution in [0.15, 0.2) is 0 Å². The highest BCUT2D eigenvalue weighted by Crippen LogP contribution is 2.10. The van der Waals surface area contributed by atoms with Gasteiger partial charge in [0.1, 0.15) is 6.61 Å². The summed E-state index contributed by atoms with van der Waals surface area (Å²) in [5.74, 6) is -1.03. The number of carbonyl (C=O) groups excluding carboxylic acids is 2. The molecule has 1 atom stereocenters. The highest BCUT2D eigenvalue weighted by Gasteiger charge is 2.15. The fraction of sp³-hybridized carbons (Fsp3) is 0.833. The zero-order valence-electron chi connectivity index (χ0n) is 16.9. The Bertz CT molecular complexity index is 435. The molecule has 28 heavy (non-hydrogen) atoms. The third-order valence-electron chi connectivity index (χ3n) is 4.16. The predicted octanol–water partition coefficient (Wildman–Crippen LogP) is -1.02. The highest BCUT2D eigenvalue weighted by molar-refractivity contribution is 5.78. The molecule has 0 aliphatic rings. The Morgan fingerprint density at radius 1 is 0.893 bits per heavy atom. The van der Waals surface area contributed by atoms with Crippen LogP contribution in [-0.2, 0) is 14.3 Å². The maximum absolute atomic E-state index is 11.7. The molecule has 10 nitrogen and oxygen atoms in total. The van der Waals surface area contributed by atoms with Gasteiger partial charge in [-0.2, -0.15) is 0 Å². The van der Waals surface area contributed by atoms with Crippen molar-refractivity contribution in [2.45, 2.75) is 44.9 Å². The van der Waals surface area contributed by atoms with Crippen molar-refractivity contribution >= 4 is 17.8 Å². The molecule has 0 saturated carbocycles. The lowest BCUT2D eigenvalue weighted by Crippen LogP contribution is -2.32. The van der Waals surface area contributed by atoms with Crippen molar-refractivity contribution in [1.29, 1.82) is 5.41 Å². The fourth-order valence-electron chi connectivity index (χ4n) is 2.52. The molecular formula is C18H39N7O3. The van der Waals surface area contributed by atoms with Gasteiger partial charge in [0.15, 0.2) is 5.96 Å². The zero-order chi connectivity index (χ0) is 21.0. The van der Waals surface area contributed by atoms with Crippen LogP contribution in [0.25, 0.3) is 0 Å². The van der Waals surface area contributed by atoms with Gasteiger partial charge in [-0.1, -0.05) is 12.8 Å². The smallest absolute Gasteiger partial charge is 0.245 e. The second kappa shape index (κ2) is 18.5. The lowest BCUT2D eigenvalue weighted by Gasteiger charge is -2.14. The molecule has 0 aromatic rings. The lowest BCUT2D eigenvalue weighted by atomic mass is 10.0. The molecule has 164 valence electrons. The number of rotatable bonds is 19. The van der Waals surface area contributed by atoms with E-state index < -0.39 is 11.8 Å². The zero-order valence-corrected chi connectivity index (χ0v) is 16.9. The summed E-state index contributed by atoms with van der Waals surface area (Å²) in [7, 11) is 0. The van der Waals surface area contributed by atoms with E-state index in [2.05, 4.69) is 16.0 Å². The Morgan fingerprint density at radius 3 is 2.21 bits per heavy atom. The topological polar surface area (TPSA) is 181 Å². The number of nitrogens with two attached hydrogens (primary N) is 3. The van der Waals surface area contributed by atoms with E-state index in [1.165, 1.54) is 0 Å². The Labute approximate surface area is 168 Å². The molecule has 2 amide bonds. The van der Waals surface area contributed by atoms with Crippen LogP contribution in [0.2, 0.25) is 0 Å². The van der Waals surface area contributed by atoms with E-state index in [9.17, 15) is 9.59 Å². The molecule has 0 aliphatic heterocycles. The summed E-state index contributed by atoms with van der Waals surface area (Å²) in [6.07, 6.45) is 6.04. The Kier molecular flexibility index (Phi) is 17.2. The van der Waals surface area contributed by atoms with E-state index >= 15 is 0 Å². The van der Waals surface area contributed by atoms with Crippen LogP contribution in [0.5, 0.6) is 0 Å². The van der Waals surface area contributed by atoms with Gasteiger partial charge in [-0.25, -0.2) is 0 Å². The molecule has 0 rings (SSSR count). The van der Waals surface area contributed by atoms with Crippen molar-refractivity contribution in [3.8, 4) is 0 Å². The number of unbranched alkanes of at least 4 members (excludes halogenated alkanes) is 3. The predicted molar refractivity (Wildman–Crippen MR) is 111 cm³/mol. The maximum atomic E-state index is 11.7. The van der Waals surface area contributed by atoms with Gasteiger partial charge in [0.25, 0.3) is 0 Å². The van der Waals surface area contributed by atoms with Crippen molar-refractivity contribution in [2.75, 3.05) is 45.9 Å². The van der Waals surface area contributed by atoms with Crippen LogP contribution >= 0.6 is 0 Å². The third-order valence-corrected chi connectivity index (χ3v) is 4.16. The van der Waals surface area contributed by atoms with Gasteiger partial charge in [0.05, 0.1) is 12.5 Å². The SMILES string of the molecule is N=C(N)NCCCCCC(COCC(=O)NCCCCNCCCN)C(N)=O. The van der Waals surface area contributed by atoms with Crippen LogP contribution in [0, 0.1) is 11.3 Å². The van der Waals surface area contributed by atoms with Gasteiger partial charge in [-0.05, 0) is 51.7 Å². The van der Waals surface area contributed by atoms with E-state index in [-0.39, 0.29) is 25.1 Å². The Balaban J connectivity index is 3.66. The first-order valence-electron chi connectivity index (χ1n) is 10.1. The van der Waals surface area contributed by atoms with Crippen LogP contribution in [0.4, 0.5) is 0 Å². The van der Waals surface area contributed by atoms with Gasteiger partial charge in [0, 0.05) is 13.1 Å². The monoisotopic (exact) mass is 401 g/mol. The summed E-state index contributed by atoms with van der Waals surface area (Å²) in [5.41, 5.74) is 16.0. The van der Waals surface area contributed by atoms with Gasteiger partial charge in [-0.3, -0.25) is 15.0 Å². The summed E-state index contributed by atoms with van der Waals surface area (Å²) in [5, 5.41) is 15.9. The molecule has 0 aromatic carbocycles. The molecule has 10 N–H and O–H groups in total. The molecule has 0 aliphatic carbocycles. The van der Waals surface area contributed by atoms with Crippen LogP contribution in [0.3, 0.4) is 0 Å². The van der Waals surface area contributed by atoms with E-state index in [1.807, 2.05) is 0 Å². The number of carbonyl (C=O) groups is 2. The van der Waals surface area contributed by atoms with Gasteiger partial charge >= 0.3 is 0 Å². The summed E-state index contributed by atoms with van der Waals surface area (Å²) in [6.45, 7) is 3.86. The summed E-state index contributed by atoms with van der Waals surface area (Å²) in [6, 6.07) is 0. The fourth-order valence-corrected chi connectivity index (χ4v) is 2.52. The molecule has 10 heteroatoms. The van der Waals surface area contributed by atoms with Crippen LogP contribution in [-0.4, -0.2) is 63.7 Å². The first-order valence-corrected chi connectivity index (χ1v) is 10.1. The normalized spacial score (nSPS) is 11.8. The van der Waals surface area contributed by atoms with E-state index in [0.717, 1.165) is 51.6 Å². The number of nitrogens with one attached hydrogen (secondary N) is 4. The van der Waals surface area contributed by atoms with Gasteiger partial charge < -0.3 is 37.9 Å². The number of amides is 2. The molecule has 0 bridgehead atoms. The number of hydrogen-bond acceptors (Lipinski definition) is 6. The molecule has 0 aromatic heterocycles. The van der Waals surface area contributed by atoms with Crippen molar-refractivity contribution in [3.05, 3.63) is 0 Å². The van der Waals surface area contributed by atoms with E-state index in [1.54, 1.807) is 0 Å². The van der Waals surface area contributed by atoms with Crippen LogP contribution in [0.1, 0.15) is 44.9 Å². The molecule has 0 spiro atoms. The number of primary amides is 1. The Hall–Kier alpha value is -1.91. The Morgan fingerprint density at radius 2 is 1.54 bits per heavy atom. The number of hydrogen-bond donors (Lipinski definition) is 7. The summed E-state index contributed by atoms with van der Waals surface area (Å²) < 4.78 is 5.36. The van der Waals surface area contributed by atoms with Crippen molar-refractivity contribution in [1.82, 2.24) is 16.0 Å². The van der Waals surface area contributed by atoms with E-state index in [4.69, 9.17) is 27.3 Å². The average molecular weight is 402 g/mol. The lowest BCUT2D eigenvalue weighted by molar-refractivity contribution is -0.130. The first kappa shape index (κ1) is 26.1. The average Bonchev–Trinajstić information content (AvgIpc) is 2.64. The molecule has 1 unspecified atom stereocenters. The van der Waals surface area contributed by atoms with Crippen molar-refractivity contribution < 1.29 is 14.3 Å². The highest BCUT2D eigenvalue weighted by atomic mass is 16.5. The van der Waals surface area contributed by atoms with E-state index in [0.29, 0.717) is 26.1 Å². The summed E-state index contributed by atoms with van der Waals surface area (Å²) in [4.78, 5) is 23.2. The van der Waals surface area contributed by atoms with Crippen LogP contribution < -0.4 is 33.2 Å². The molecule has 0 radical (unpaired) electrons. The quantitative estimate of drug-likeness (QED) is 0.0821. The maximum Gasteiger partial charge on any atom is 0.245 e. The van der Waals surface area contributed by atoms with Gasteiger partial charge in [0.2, 0.25) is 11.8 Å². The minimum atomic E-state index is -0.413.